The predicted molar refractivity (Wildman–Crippen MR) is 40.5 cm³/mol. The second-order valence-electron chi connectivity index (χ2n) is 1.95. The molecule has 9 heavy (non-hydrogen) atoms. The minimum atomic E-state index is 0.764. The van der Waals surface area contributed by atoms with Crippen LogP contribution in [0.4, 0.5) is 0 Å². The van der Waals surface area contributed by atoms with Crippen molar-refractivity contribution >= 4 is 19.4 Å². The summed E-state index contributed by atoms with van der Waals surface area (Å²) < 4.78 is 1.72. The summed E-state index contributed by atoms with van der Waals surface area (Å²) in [6.45, 7) is 0. The predicted octanol–water partition coefficient (Wildman–Crippen LogP) is 0.207. The summed E-state index contributed by atoms with van der Waals surface area (Å²) in [5.41, 5.74) is 0.971. The van der Waals surface area contributed by atoms with E-state index in [1.807, 2.05) is 14.9 Å². The molecule has 48 valence electrons. The average Bonchev–Trinajstić information content (AvgIpc) is 2.10. The molecule has 1 aromatic heterocycles. The minimum absolute atomic E-state index is 0.764. The van der Waals surface area contributed by atoms with Gasteiger partial charge in [0.05, 0.1) is 10.7 Å². The Labute approximate surface area is 60.2 Å². The number of aryl methyl sites for hydroxylation is 1. The van der Waals surface area contributed by atoms with Gasteiger partial charge in [-0.2, -0.15) is 5.10 Å². The normalized spacial score (nSPS) is 10.0. The first-order valence-electron chi connectivity index (χ1n) is 2.92. The molecule has 0 N–H and O–H groups in total. The van der Waals surface area contributed by atoms with Crippen LogP contribution in [-0.2, 0) is 13.4 Å². The summed E-state index contributed by atoms with van der Waals surface area (Å²) in [6, 6.07) is 0. The Bertz CT molecular complexity index is 209. The fraction of sp³-hybridized carbons (Fsp3) is 0.400. The van der Waals surface area contributed by atoms with Crippen LogP contribution in [0.25, 0.3) is 0 Å². The lowest BCUT2D eigenvalue weighted by Gasteiger charge is -1.84. The van der Waals surface area contributed by atoms with E-state index in [-0.39, 0.29) is 0 Å². The van der Waals surface area contributed by atoms with Crippen molar-refractivity contribution in [2.45, 2.75) is 6.32 Å². The van der Waals surface area contributed by atoms with E-state index in [1.165, 1.54) is 0 Å². The largest absolute Gasteiger partial charge is 0.274 e. The van der Waals surface area contributed by atoms with Gasteiger partial charge in [-0.3, -0.25) is 4.68 Å². The quantitative estimate of drug-likeness (QED) is 0.513. The number of halogens is 1. The van der Waals surface area contributed by atoms with Gasteiger partial charge >= 0.3 is 0 Å². The Morgan fingerprint density at radius 3 is 2.78 bits per heavy atom. The molecule has 1 rings (SSSR count). The Morgan fingerprint density at radius 1 is 1.89 bits per heavy atom. The van der Waals surface area contributed by atoms with Gasteiger partial charge in [0.15, 0.2) is 0 Å². The third-order valence-electron chi connectivity index (χ3n) is 1.19. The van der Waals surface area contributed by atoms with Crippen molar-refractivity contribution in [3.63, 3.8) is 0 Å². The van der Waals surface area contributed by atoms with E-state index in [0.717, 1.165) is 17.0 Å². The number of hydrogen-bond acceptors (Lipinski definition) is 1. The minimum Gasteiger partial charge on any atom is -0.274 e. The molecule has 1 heterocycles. The van der Waals surface area contributed by atoms with Crippen molar-refractivity contribution in [3.05, 3.63) is 16.9 Å². The molecule has 0 aliphatic carbocycles. The van der Waals surface area contributed by atoms with Crippen LogP contribution in [0, 0.1) is 0 Å². The van der Waals surface area contributed by atoms with Crippen LogP contribution in [0.2, 0.25) is 5.02 Å². The SMILES string of the molecule is BCc1nn(C)cc1Cl. The lowest BCUT2D eigenvalue weighted by atomic mass is 10.0. The molecule has 0 aliphatic heterocycles. The fourth-order valence-electron chi connectivity index (χ4n) is 0.745. The number of hydrogen-bond donors (Lipinski definition) is 0. The highest BCUT2D eigenvalue weighted by molar-refractivity contribution is 6.31. The van der Waals surface area contributed by atoms with Gasteiger partial charge < -0.3 is 0 Å². The molecular weight excluding hydrogens is 134 g/mol. The van der Waals surface area contributed by atoms with Crippen molar-refractivity contribution in [1.82, 2.24) is 9.78 Å². The highest BCUT2D eigenvalue weighted by atomic mass is 35.5. The molecule has 0 saturated heterocycles. The molecular formula is C5H8BClN2. The zero-order valence-electron chi connectivity index (χ0n) is 5.56. The maximum absolute atomic E-state index is 5.76. The molecule has 0 fully saturated rings. The molecule has 0 saturated carbocycles. The molecule has 0 unspecified atom stereocenters. The molecule has 0 spiro atoms. The Hall–Kier alpha value is -0.435. The molecule has 1 aromatic rings. The monoisotopic (exact) mass is 142 g/mol. The van der Waals surface area contributed by atoms with E-state index in [4.69, 9.17) is 11.6 Å². The summed E-state index contributed by atoms with van der Waals surface area (Å²) >= 11 is 5.76. The Morgan fingerprint density at radius 2 is 2.56 bits per heavy atom. The number of aromatic nitrogens is 2. The third kappa shape index (κ3) is 1.27. The standard InChI is InChI=1S/C5H8BClN2/c1-9-3-4(7)5(2-6)8-9/h3H,2,6H2,1H3. The number of rotatable bonds is 1. The molecule has 0 atom stereocenters. The topological polar surface area (TPSA) is 17.8 Å². The molecule has 2 nitrogen and oxygen atoms in total. The van der Waals surface area contributed by atoms with Crippen LogP contribution in [0.3, 0.4) is 0 Å². The van der Waals surface area contributed by atoms with Gasteiger partial charge in [0.1, 0.15) is 7.85 Å². The van der Waals surface area contributed by atoms with E-state index >= 15 is 0 Å². The van der Waals surface area contributed by atoms with Crippen LogP contribution in [0.1, 0.15) is 5.69 Å². The zero-order chi connectivity index (χ0) is 6.85. The average molecular weight is 142 g/mol. The van der Waals surface area contributed by atoms with E-state index < -0.39 is 0 Å². The van der Waals surface area contributed by atoms with Crippen molar-refractivity contribution in [2.24, 2.45) is 7.05 Å². The fourth-order valence-corrected chi connectivity index (χ4v) is 1.06. The second-order valence-corrected chi connectivity index (χ2v) is 2.36. The van der Waals surface area contributed by atoms with E-state index in [9.17, 15) is 0 Å². The van der Waals surface area contributed by atoms with Gasteiger partial charge in [0.25, 0.3) is 0 Å². The Balaban J connectivity index is 3.01. The lowest BCUT2D eigenvalue weighted by Crippen LogP contribution is -1.90. The van der Waals surface area contributed by atoms with Crippen molar-refractivity contribution in [1.29, 1.82) is 0 Å². The van der Waals surface area contributed by atoms with Crippen LogP contribution in [0.15, 0.2) is 6.20 Å². The third-order valence-corrected chi connectivity index (χ3v) is 1.50. The van der Waals surface area contributed by atoms with Crippen LogP contribution in [0.5, 0.6) is 0 Å². The van der Waals surface area contributed by atoms with Crippen LogP contribution >= 0.6 is 11.6 Å². The second kappa shape index (κ2) is 2.44. The maximum atomic E-state index is 5.76. The van der Waals surface area contributed by atoms with Gasteiger partial charge in [0.2, 0.25) is 0 Å². The zero-order valence-corrected chi connectivity index (χ0v) is 6.31. The molecule has 0 bridgehead atoms. The Kier molecular flexibility index (Phi) is 1.81. The number of nitrogens with zero attached hydrogens (tertiary/aromatic N) is 2. The van der Waals surface area contributed by atoms with Crippen molar-refractivity contribution in [3.8, 4) is 0 Å². The van der Waals surface area contributed by atoms with Crippen LogP contribution < -0.4 is 0 Å². The van der Waals surface area contributed by atoms with E-state index in [1.54, 1.807) is 10.9 Å². The summed E-state index contributed by atoms with van der Waals surface area (Å²) in [5.74, 6) is 0. The van der Waals surface area contributed by atoms with Gasteiger partial charge in [-0.05, 0) is 6.32 Å². The summed E-state index contributed by atoms with van der Waals surface area (Å²) in [6.07, 6.45) is 2.71. The highest BCUT2D eigenvalue weighted by Gasteiger charge is 1.99. The molecule has 4 heteroatoms. The maximum Gasteiger partial charge on any atom is 0.109 e. The summed E-state index contributed by atoms with van der Waals surface area (Å²) in [5, 5.41) is 4.88. The lowest BCUT2D eigenvalue weighted by molar-refractivity contribution is 0.754. The molecule has 0 aromatic carbocycles. The van der Waals surface area contributed by atoms with Gasteiger partial charge in [-0.25, -0.2) is 0 Å². The smallest absolute Gasteiger partial charge is 0.109 e. The van der Waals surface area contributed by atoms with Gasteiger partial charge in [-0.1, -0.05) is 11.6 Å². The molecule has 0 amide bonds. The first-order chi connectivity index (χ1) is 4.24. The van der Waals surface area contributed by atoms with Crippen LogP contribution in [-0.4, -0.2) is 17.6 Å². The summed E-state index contributed by atoms with van der Waals surface area (Å²) in [4.78, 5) is 0. The molecule has 0 radical (unpaired) electrons. The molecule has 0 aliphatic rings. The van der Waals surface area contributed by atoms with Gasteiger partial charge in [-0.15, -0.1) is 0 Å². The summed E-state index contributed by atoms with van der Waals surface area (Å²) in [7, 11) is 3.90. The van der Waals surface area contributed by atoms with Crippen molar-refractivity contribution in [2.75, 3.05) is 0 Å². The first kappa shape index (κ1) is 6.68. The van der Waals surface area contributed by atoms with E-state index in [0.29, 0.717) is 0 Å². The van der Waals surface area contributed by atoms with Crippen molar-refractivity contribution < 1.29 is 0 Å². The van der Waals surface area contributed by atoms with E-state index in [2.05, 4.69) is 5.10 Å². The first-order valence-corrected chi connectivity index (χ1v) is 3.30. The highest BCUT2D eigenvalue weighted by Crippen LogP contribution is 2.11. The van der Waals surface area contributed by atoms with Gasteiger partial charge in [0, 0.05) is 13.2 Å².